The van der Waals surface area contributed by atoms with E-state index in [9.17, 15) is 4.39 Å². The Labute approximate surface area is 137 Å². The van der Waals surface area contributed by atoms with Crippen molar-refractivity contribution in [2.24, 2.45) is 0 Å². The molecule has 1 aromatic carbocycles. The standard InChI is InChI=1S/C16H16BrFN2S/c1-9-8-11(6-7-12(9)18)15-19-14(10-4-2-3-5-10)13(17)16(21)20-15/h6-8,10H,2-5H2,1H3,(H,19,20,21). The lowest BCUT2D eigenvalue weighted by molar-refractivity contribution is 0.618. The van der Waals surface area contributed by atoms with Gasteiger partial charge in [0.2, 0.25) is 0 Å². The Bertz CT molecular complexity index is 736. The van der Waals surface area contributed by atoms with Crippen molar-refractivity contribution in [1.82, 2.24) is 9.97 Å². The summed E-state index contributed by atoms with van der Waals surface area (Å²) in [6.45, 7) is 1.75. The number of hydrogen-bond acceptors (Lipinski definition) is 2. The molecule has 1 N–H and O–H groups in total. The van der Waals surface area contributed by atoms with Gasteiger partial charge in [0.1, 0.15) is 16.3 Å². The number of benzene rings is 1. The molecule has 0 unspecified atom stereocenters. The maximum absolute atomic E-state index is 13.4. The van der Waals surface area contributed by atoms with Crippen LogP contribution in [0.2, 0.25) is 0 Å². The van der Waals surface area contributed by atoms with Gasteiger partial charge in [-0.15, -0.1) is 0 Å². The Kier molecular flexibility index (Phi) is 4.22. The molecule has 1 aliphatic rings. The molecule has 2 aromatic rings. The smallest absolute Gasteiger partial charge is 0.144 e. The summed E-state index contributed by atoms with van der Waals surface area (Å²) in [4.78, 5) is 7.85. The van der Waals surface area contributed by atoms with Gasteiger partial charge in [0.15, 0.2) is 0 Å². The second-order valence-electron chi connectivity index (χ2n) is 5.56. The molecule has 1 saturated carbocycles. The summed E-state index contributed by atoms with van der Waals surface area (Å²) in [5, 5.41) is 0. The summed E-state index contributed by atoms with van der Waals surface area (Å²) in [5.74, 6) is 1.02. The van der Waals surface area contributed by atoms with Crippen molar-refractivity contribution in [2.75, 3.05) is 0 Å². The molecule has 1 aromatic heterocycles. The Balaban J connectivity index is 2.10. The van der Waals surface area contributed by atoms with Gasteiger partial charge in [-0.2, -0.15) is 0 Å². The first-order valence-corrected chi connectivity index (χ1v) is 8.32. The first-order chi connectivity index (χ1) is 10.1. The highest BCUT2D eigenvalue weighted by molar-refractivity contribution is 9.10. The molecule has 0 atom stereocenters. The van der Waals surface area contributed by atoms with Gasteiger partial charge in [0.25, 0.3) is 0 Å². The first-order valence-electron chi connectivity index (χ1n) is 7.12. The zero-order valence-corrected chi connectivity index (χ0v) is 14.2. The molecule has 0 aliphatic heterocycles. The molecule has 2 nitrogen and oxygen atoms in total. The van der Waals surface area contributed by atoms with Gasteiger partial charge in [0, 0.05) is 17.2 Å². The summed E-state index contributed by atoms with van der Waals surface area (Å²) in [7, 11) is 0. The van der Waals surface area contributed by atoms with Crippen LogP contribution in [0.1, 0.15) is 42.9 Å². The van der Waals surface area contributed by atoms with E-state index >= 15 is 0 Å². The van der Waals surface area contributed by atoms with Crippen molar-refractivity contribution in [3.63, 3.8) is 0 Å². The Morgan fingerprint density at radius 2 is 2.05 bits per heavy atom. The number of halogens is 2. The van der Waals surface area contributed by atoms with Crippen LogP contribution < -0.4 is 0 Å². The number of aryl methyl sites for hydroxylation is 1. The van der Waals surface area contributed by atoms with E-state index in [4.69, 9.17) is 12.2 Å². The summed E-state index contributed by atoms with van der Waals surface area (Å²) in [6.07, 6.45) is 4.86. The normalized spacial score (nSPS) is 15.6. The summed E-state index contributed by atoms with van der Waals surface area (Å²) < 4.78 is 14.9. The van der Waals surface area contributed by atoms with E-state index in [1.54, 1.807) is 19.1 Å². The molecule has 1 aliphatic carbocycles. The van der Waals surface area contributed by atoms with Crippen LogP contribution in [0.5, 0.6) is 0 Å². The van der Waals surface area contributed by atoms with Crippen LogP contribution in [0.15, 0.2) is 22.7 Å². The highest BCUT2D eigenvalue weighted by atomic mass is 79.9. The third-order valence-corrected chi connectivity index (χ3v) is 5.45. The minimum Gasteiger partial charge on any atom is -0.342 e. The fourth-order valence-electron chi connectivity index (χ4n) is 2.90. The predicted molar refractivity (Wildman–Crippen MR) is 88.5 cm³/mol. The highest BCUT2D eigenvalue weighted by Crippen LogP contribution is 2.37. The van der Waals surface area contributed by atoms with Crippen molar-refractivity contribution in [1.29, 1.82) is 0 Å². The Morgan fingerprint density at radius 3 is 2.71 bits per heavy atom. The second kappa shape index (κ2) is 5.97. The molecule has 3 rings (SSSR count). The topological polar surface area (TPSA) is 28.7 Å². The van der Waals surface area contributed by atoms with Crippen LogP contribution in [0.3, 0.4) is 0 Å². The number of aromatic nitrogens is 2. The van der Waals surface area contributed by atoms with Gasteiger partial charge in [-0.1, -0.05) is 25.1 Å². The summed E-state index contributed by atoms with van der Waals surface area (Å²) >= 11 is 8.94. The van der Waals surface area contributed by atoms with Crippen LogP contribution in [0.4, 0.5) is 4.39 Å². The van der Waals surface area contributed by atoms with Crippen LogP contribution in [-0.4, -0.2) is 9.97 Å². The average Bonchev–Trinajstić information content (AvgIpc) is 2.98. The fraction of sp³-hybridized carbons (Fsp3) is 0.375. The Hall–Kier alpha value is -1.07. The van der Waals surface area contributed by atoms with Gasteiger partial charge in [-0.3, -0.25) is 0 Å². The highest BCUT2D eigenvalue weighted by Gasteiger charge is 2.21. The van der Waals surface area contributed by atoms with Gasteiger partial charge in [0.05, 0.1) is 4.47 Å². The molecule has 21 heavy (non-hydrogen) atoms. The van der Waals surface area contributed by atoms with Crippen molar-refractivity contribution in [3.8, 4) is 11.4 Å². The number of aromatic amines is 1. The van der Waals surface area contributed by atoms with E-state index in [1.165, 1.54) is 31.7 Å². The van der Waals surface area contributed by atoms with E-state index < -0.39 is 0 Å². The molecular weight excluding hydrogens is 351 g/mol. The first kappa shape index (κ1) is 14.9. The van der Waals surface area contributed by atoms with Crippen LogP contribution in [0.25, 0.3) is 11.4 Å². The number of hydrogen-bond donors (Lipinski definition) is 1. The fourth-order valence-corrected chi connectivity index (χ4v) is 3.61. The zero-order chi connectivity index (χ0) is 15.0. The molecule has 1 fully saturated rings. The van der Waals surface area contributed by atoms with E-state index in [1.807, 2.05) is 0 Å². The molecule has 110 valence electrons. The van der Waals surface area contributed by atoms with Gasteiger partial charge < -0.3 is 4.98 Å². The number of rotatable bonds is 2. The average molecular weight is 367 g/mol. The third kappa shape index (κ3) is 2.94. The molecule has 1 heterocycles. The minimum atomic E-state index is -0.203. The molecular formula is C16H16BrFN2S. The maximum atomic E-state index is 13.4. The van der Waals surface area contributed by atoms with E-state index in [0.29, 0.717) is 21.9 Å². The summed E-state index contributed by atoms with van der Waals surface area (Å²) in [6, 6.07) is 5.01. The lowest BCUT2D eigenvalue weighted by Crippen LogP contribution is -2.03. The van der Waals surface area contributed by atoms with Crippen LogP contribution >= 0.6 is 28.1 Å². The molecule has 5 heteroatoms. The molecule has 0 bridgehead atoms. The van der Waals surface area contributed by atoms with E-state index in [0.717, 1.165) is 15.7 Å². The second-order valence-corrected chi connectivity index (χ2v) is 6.74. The summed E-state index contributed by atoms with van der Waals surface area (Å²) in [5.41, 5.74) is 2.61. The lowest BCUT2D eigenvalue weighted by Gasteiger charge is -2.14. The van der Waals surface area contributed by atoms with Crippen LogP contribution in [-0.2, 0) is 0 Å². The van der Waals surface area contributed by atoms with Crippen molar-refractivity contribution < 1.29 is 4.39 Å². The molecule has 0 saturated heterocycles. The molecule has 0 spiro atoms. The maximum Gasteiger partial charge on any atom is 0.144 e. The van der Waals surface area contributed by atoms with Crippen LogP contribution in [0, 0.1) is 17.4 Å². The number of nitrogens with zero attached hydrogens (tertiary/aromatic N) is 1. The monoisotopic (exact) mass is 366 g/mol. The van der Waals surface area contributed by atoms with Crippen molar-refractivity contribution in [2.45, 2.75) is 38.5 Å². The third-order valence-electron chi connectivity index (χ3n) is 4.09. The largest absolute Gasteiger partial charge is 0.342 e. The minimum absolute atomic E-state index is 0.203. The van der Waals surface area contributed by atoms with E-state index in [2.05, 4.69) is 25.9 Å². The number of nitrogens with one attached hydrogen (secondary N) is 1. The quantitative estimate of drug-likeness (QED) is 0.693. The van der Waals surface area contributed by atoms with Gasteiger partial charge in [-0.05, 0) is 59.5 Å². The number of H-pyrrole nitrogens is 1. The predicted octanol–water partition coefficient (Wildman–Crippen LogP) is 5.67. The van der Waals surface area contributed by atoms with Gasteiger partial charge in [-0.25, -0.2) is 9.37 Å². The van der Waals surface area contributed by atoms with Crippen molar-refractivity contribution >= 4 is 28.1 Å². The zero-order valence-electron chi connectivity index (χ0n) is 11.7. The molecule has 0 amide bonds. The van der Waals surface area contributed by atoms with Crippen molar-refractivity contribution in [3.05, 3.63) is 44.4 Å². The SMILES string of the molecule is Cc1cc(-c2nc(=S)c(Br)c(C3CCCC3)[nH]2)ccc1F. The lowest BCUT2D eigenvalue weighted by atomic mass is 10.0. The van der Waals surface area contributed by atoms with Gasteiger partial charge >= 0.3 is 0 Å². The van der Waals surface area contributed by atoms with E-state index in [-0.39, 0.29) is 5.82 Å². The Morgan fingerprint density at radius 1 is 1.33 bits per heavy atom. The molecule has 0 radical (unpaired) electrons.